The molecule has 1 aliphatic carbocycles. The highest BCUT2D eigenvalue weighted by Crippen LogP contribution is 2.23. The van der Waals surface area contributed by atoms with Crippen LogP contribution >= 0.6 is 0 Å². The minimum atomic E-state index is -0.278. The summed E-state index contributed by atoms with van der Waals surface area (Å²) < 4.78 is 15.0. The number of carbonyl (C=O) groups excluding carboxylic acids is 1. The molecule has 0 spiro atoms. The Morgan fingerprint density at radius 2 is 2.00 bits per heavy atom. The number of hydrogen-bond acceptors (Lipinski definition) is 4. The zero-order valence-electron chi connectivity index (χ0n) is 17.0. The van der Waals surface area contributed by atoms with Crippen LogP contribution < -0.4 is 0 Å². The summed E-state index contributed by atoms with van der Waals surface area (Å²) in [4.78, 5) is 21.8. The number of carbonyl (C=O) groups is 1. The lowest BCUT2D eigenvalue weighted by Gasteiger charge is -2.33. The van der Waals surface area contributed by atoms with E-state index in [1.165, 1.54) is 12.1 Å². The molecular formula is C22H26FN5O2. The van der Waals surface area contributed by atoms with Crippen molar-refractivity contribution in [2.75, 3.05) is 7.05 Å². The average molecular weight is 411 g/mol. The fourth-order valence-electron chi connectivity index (χ4n) is 3.96. The molecule has 158 valence electrons. The zero-order valence-corrected chi connectivity index (χ0v) is 17.0. The fraction of sp³-hybridized carbons (Fsp3) is 0.409. The quantitative estimate of drug-likeness (QED) is 0.653. The number of halogens is 1. The second-order valence-electron chi connectivity index (χ2n) is 7.91. The van der Waals surface area contributed by atoms with Crippen molar-refractivity contribution in [2.24, 2.45) is 0 Å². The van der Waals surface area contributed by atoms with Gasteiger partial charge in [0.05, 0.1) is 24.3 Å². The summed E-state index contributed by atoms with van der Waals surface area (Å²) >= 11 is 0. The molecule has 3 aromatic rings. The summed E-state index contributed by atoms with van der Waals surface area (Å²) in [6, 6.07) is 8.42. The summed E-state index contributed by atoms with van der Waals surface area (Å²) in [5.74, 6) is -0.296. The molecule has 1 saturated carbocycles. The van der Waals surface area contributed by atoms with E-state index in [4.69, 9.17) is 0 Å². The molecule has 1 fully saturated rings. The second-order valence-corrected chi connectivity index (χ2v) is 7.91. The fourth-order valence-corrected chi connectivity index (χ4v) is 3.96. The van der Waals surface area contributed by atoms with Crippen molar-refractivity contribution in [1.29, 1.82) is 0 Å². The summed E-state index contributed by atoms with van der Waals surface area (Å²) in [6.45, 7) is 0.125. The van der Waals surface area contributed by atoms with Crippen molar-refractivity contribution < 1.29 is 14.3 Å². The van der Waals surface area contributed by atoms with E-state index in [2.05, 4.69) is 15.1 Å². The highest BCUT2D eigenvalue weighted by Gasteiger charge is 2.26. The van der Waals surface area contributed by atoms with Gasteiger partial charge < -0.3 is 15.0 Å². The Hall–Kier alpha value is -3.00. The Morgan fingerprint density at radius 3 is 2.67 bits per heavy atom. The van der Waals surface area contributed by atoms with E-state index in [0.29, 0.717) is 12.1 Å². The number of H-pyrrole nitrogens is 1. The van der Waals surface area contributed by atoms with Gasteiger partial charge in [-0.2, -0.15) is 5.10 Å². The van der Waals surface area contributed by atoms with Gasteiger partial charge in [-0.25, -0.2) is 9.37 Å². The molecular weight excluding hydrogens is 385 g/mol. The number of benzene rings is 1. The van der Waals surface area contributed by atoms with Crippen molar-refractivity contribution >= 4 is 5.91 Å². The molecule has 30 heavy (non-hydrogen) atoms. The smallest absolute Gasteiger partial charge is 0.244 e. The molecule has 1 aromatic carbocycles. The van der Waals surface area contributed by atoms with Gasteiger partial charge in [0.1, 0.15) is 18.1 Å². The van der Waals surface area contributed by atoms with E-state index in [1.807, 2.05) is 13.1 Å². The van der Waals surface area contributed by atoms with E-state index in [9.17, 15) is 14.3 Å². The van der Waals surface area contributed by atoms with Gasteiger partial charge in [-0.3, -0.25) is 9.48 Å². The molecule has 0 saturated heterocycles. The number of aromatic amines is 1. The van der Waals surface area contributed by atoms with Crippen molar-refractivity contribution in [3.8, 4) is 11.4 Å². The third kappa shape index (κ3) is 4.59. The predicted octanol–water partition coefficient (Wildman–Crippen LogP) is 2.77. The molecule has 1 amide bonds. The van der Waals surface area contributed by atoms with Crippen molar-refractivity contribution in [3.05, 3.63) is 59.9 Å². The van der Waals surface area contributed by atoms with Crippen LogP contribution in [0.25, 0.3) is 11.4 Å². The maximum Gasteiger partial charge on any atom is 0.244 e. The van der Waals surface area contributed by atoms with Gasteiger partial charge in [0, 0.05) is 25.2 Å². The maximum atomic E-state index is 13.3. The molecule has 0 unspecified atom stereocenters. The molecule has 8 heteroatoms. The molecule has 0 aliphatic heterocycles. The van der Waals surface area contributed by atoms with Crippen LogP contribution in [0, 0.1) is 5.82 Å². The van der Waals surface area contributed by atoms with Crippen LogP contribution in [0.3, 0.4) is 0 Å². The molecule has 7 nitrogen and oxygen atoms in total. The van der Waals surface area contributed by atoms with E-state index in [-0.39, 0.29) is 30.4 Å². The van der Waals surface area contributed by atoms with Gasteiger partial charge in [0.2, 0.25) is 5.91 Å². The first kappa shape index (κ1) is 20.3. The molecule has 1 aliphatic rings. The number of aliphatic hydroxyl groups excluding tert-OH is 1. The summed E-state index contributed by atoms with van der Waals surface area (Å²) in [7, 11) is 1.82. The first-order valence-electron chi connectivity index (χ1n) is 10.2. The zero-order chi connectivity index (χ0) is 21.1. The van der Waals surface area contributed by atoms with E-state index in [0.717, 1.165) is 42.6 Å². The first-order valence-corrected chi connectivity index (χ1v) is 10.2. The molecule has 0 atom stereocenters. The van der Waals surface area contributed by atoms with Crippen LogP contribution in [0.4, 0.5) is 4.39 Å². The van der Waals surface area contributed by atoms with Crippen LogP contribution in [0.5, 0.6) is 0 Å². The summed E-state index contributed by atoms with van der Waals surface area (Å²) in [5, 5.41) is 14.4. The molecule has 0 radical (unpaired) electrons. The minimum Gasteiger partial charge on any atom is -0.393 e. The van der Waals surface area contributed by atoms with Crippen LogP contribution in [-0.4, -0.2) is 54.9 Å². The van der Waals surface area contributed by atoms with Crippen molar-refractivity contribution in [1.82, 2.24) is 24.6 Å². The Morgan fingerprint density at radius 1 is 1.27 bits per heavy atom. The van der Waals surface area contributed by atoms with E-state index in [1.54, 1.807) is 34.2 Å². The maximum absolute atomic E-state index is 13.3. The SMILES string of the molecule is CN(C(=O)Cn1nc(-c2cnc[nH]2)cc1Cc1ccc(F)cc1)C1CCC(O)CC1. The third-order valence-electron chi connectivity index (χ3n) is 5.83. The monoisotopic (exact) mass is 411 g/mol. The molecule has 0 bridgehead atoms. The van der Waals surface area contributed by atoms with Crippen LogP contribution in [0.2, 0.25) is 0 Å². The molecule has 2 aromatic heterocycles. The lowest BCUT2D eigenvalue weighted by Crippen LogP contribution is -2.42. The van der Waals surface area contributed by atoms with Gasteiger partial charge in [-0.15, -0.1) is 0 Å². The van der Waals surface area contributed by atoms with E-state index >= 15 is 0 Å². The topological polar surface area (TPSA) is 87.0 Å². The van der Waals surface area contributed by atoms with Crippen LogP contribution in [0.1, 0.15) is 36.9 Å². The van der Waals surface area contributed by atoms with Gasteiger partial charge in [-0.1, -0.05) is 12.1 Å². The van der Waals surface area contributed by atoms with Gasteiger partial charge in [0.15, 0.2) is 0 Å². The Balaban J connectivity index is 1.54. The third-order valence-corrected chi connectivity index (χ3v) is 5.83. The second kappa shape index (κ2) is 8.79. The Labute approximate surface area is 174 Å². The molecule has 2 N–H and O–H groups in total. The van der Waals surface area contributed by atoms with E-state index < -0.39 is 0 Å². The number of aromatic nitrogens is 4. The van der Waals surface area contributed by atoms with Crippen molar-refractivity contribution in [3.63, 3.8) is 0 Å². The van der Waals surface area contributed by atoms with Crippen LogP contribution in [0.15, 0.2) is 42.9 Å². The number of likely N-dealkylation sites (N-methyl/N-ethyl adjacent to an activating group) is 1. The summed E-state index contributed by atoms with van der Waals surface area (Å²) in [6.07, 6.45) is 6.63. The number of rotatable bonds is 6. The van der Waals surface area contributed by atoms with Gasteiger partial charge in [0.25, 0.3) is 0 Å². The Bertz CT molecular complexity index is 976. The predicted molar refractivity (Wildman–Crippen MR) is 110 cm³/mol. The van der Waals surface area contributed by atoms with Crippen molar-refractivity contribution in [2.45, 2.75) is 50.8 Å². The molecule has 4 rings (SSSR count). The van der Waals surface area contributed by atoms with Gasteiger partial charge in [-0.05, 0) is 49.4 Å². The Kier molecular flexibility index (Phi) is 5.94. The number of imidazole rings is 1. The number of hydrogen-bond donors (Lipinski definition) is 2. The average Bonchev–Trinajstić information content (AvgIpc) is 3.40. The number of nitrogens with one attached hydrogen (secondary N) is 1. The van der Waals surface area contributed by atoms with Crippen LogP contribution in [-0.2, 0) is 17.8 Å². The standard InChI is InChI=1S/C22H26FN5O2/c1-27(17-6-8-19(29)9-7-17)22(30)13-28-18(10-15-2-4-16(23)5-3-15)11-20(26-28)21-12-24-14-25-21/h2-5,11-12,14,17,19,29H,6-10,13H2,1H3,(H,24,25). The lowest BCUT2D eigenvalue weighted by atomic mass is 9.92. The lowest BCUT2D eigenvalue weighted by molar-refractivity contribution is -0.133. The largest absolute Gasteiger partial charge is 0.393 e. The number of nitrogens with zero attached hydrogens (tertiary/aromatic N) is 4. The number of aliphatic hydroxyl groups is 1. The van der Waals surface area contributed by atoms with Gasteiger partial charge >= 0.3 is 0 Å². The highest BCUT2D eigenvalue weighted by atomic mass is 19.1. The first-order chi connectivity index (χ1) is 14.5. The summed E-state index contributed by atoms with van der Waals surface area (Å²) in [5.41, 5.74) is 3.29. The minimum absolute atomic E-state index is 0.0176. The normalized spacial score (nSPS) is 19.0. The number of amides is 1. The highest BCUT2D eigenvalue weighted by molar-refractivity contribution is 5.76. The molecule has 2 heterocycles.